The predicted molar refractivity (Wildman–Crippen MR) is 65.8 cm³/mol. The second-order valence-electron chi connectivity index (χ2n) is 4.00. The fraction of sp³-hybridized carbons (Fsp3) is 0.417. The van der Waals surface area contributed by atoms with Crippen molar-refractivity contribution in [3.05, 3.63) is 23.0 Å². The first-order valence-electron chi connectivity index (χ1n) is 5.75. The molecule has 0 saturated heterocycles. The molecule has 0 aliphatic carbocycles. The first kappa shape index (κ1) is 14.9. The number of carboxylic acids is 1. The lowest BCUT2D eigenvalue weighted by molar-refractivity contribution is -0.137. The van der Waals surface area contributed by atoms with Gasteiger partial charge in [0.1, 0.15) is 5.75 Å². The number of pyridine rings is 1. The quantitative estimate of drug-likeness (QED) is 0.546. The number of aliphatic hydroxyl groups is 1. The highest BCUT2D eigenvalue weighted by molar-refractivity contribution is 5.96. The van der Waals surface area contributed by atoms with E-state index in [0.29, 0.717) is 12.1 Å². The highest BCUT2D eigenvalue weighted by atomic mass is 16.4. The highest BCUT2D eigenvalue weighted by Crippen LogP contribution is 2.23. The number of nitrogens with one attached hydrogen (secondary N) is 1. The van der Waals surface area contributed by atoms with E-state index in [2.05, 4.69) is 10.3 Å². The Morgan fingerprint density at radius 1 is 1.42 bits per heavy atom. The molecule has 1 amide bonds. The fourth-order valence-corrected chi connectivity index (χ4v) is 1.54. The van der Waals surface area contributed by atoms with Gasteiger partial charge in [0.2, 0.25) is 0 Å². The lowest BCUT2D eigenvalue weighted by Crippen LogP contribution is -2.26. The van der Waals surface area contributed by atoms with Crippen molar-refractivity contribution in [1.82, 2.24) is 10.3 Å². The van der Waals surface area contributed by atoms with Crippen LogP contribution in [0.25, 0.3) is 0 Å². The van der Waals surface area contributed by atoms with Gasteiger partial charge in [-0.05, 0) is 13.3 Å². The number of aliphatic carboxylic acids is 1. The smallest absolute Gasteiger partial charge is 0.303 e. The number of nitrogens with zero attached hydrogens (tertiary/aromatic N) is 1. The molecule has 0 spiro atoms. The van der Waals surface area contributed by atoms with E-state index >= 15 is 0 Å². The average molecular weight is 268 g/mol. The number of aliphatic hydroxyl groups excluding tert-OH is 1. The molecule has 4 N–H and O–H groups in total. The van der Waals surface area contributed by atoms with E-state index in [0.717, 1.165) is 0 Å². The Morgan fingerprint density at radius 2 is 2.11 bits per heavy atom. The summed E-state index contributed by atoms with van der Waals surface area (Å²) in [4.78, 5) is 26.0. The van der Waals surface area contributed by atoms with Gasteiger partial charge in [-0.3, -0.25) is 14.6 Å². The highest BCUT2D eigenvalue weighted by Gasteiger charge is 2.16. The molecular weight excluding hydrogens is 252 g/mol. The molecule has 1 aromatic heterocycles. The molecule has 0 fully saturated rings. The van der Waals surface area contributed by atoms with Gasteiger partial charge in [-0.15, -0.1) is 0 Å². The lowest BCUT2D eigenvalue weighted by atomic mass is 10.1. The molecule has 1 heterocycles. The van der Waals surface area contributed by atoms with Crippen molar-refractivity contribution in [1.29, 1.82) is 0 Å². The molecule has 0 aliphatic heterocycles. The standard InChI is InChI=1S/C12H16N2O5/c1-7-11(18)9(6-15)8(5-14-7)12(19)13-4-2-3-10(16)17/h5,15,18H,2-4,6H2,1H3,(H,13,19)(H,16,17). The summed E-state index contributed by atoms with van der Waals surface area (Å²) in [6.45, 7) is 1.28. The molecule has 0 aliphatic rings. The van der Waals surface area contributed by atoms with Gasteiger partial charge in [0.25, 0.3) is 5.91 Å². The van der Waals surface area contributed by atoms with E-state index < -0.39 is 18.5 Å². The molecule has 0 unspecified atom stereocenters. The average Bonchev–Trinajstić information content (AvgIpc) is 2.37. The SMILES string of the molecule is Cc1ncc(C(=O)NCCCC(=O)O)c(CO)c1O. The molecule has 0 saturated carbocycles. The molecule has 7 heteroatoms. The van der Waals surface area contributed by atoms with Crippen molar-refractivity contribution in [3.8, 4) is 5.75 Å². The number of aromatic hydroxyl groups is 1. The summed E-state index contributed by atoms with van der Waals surface area (Å²) in [5.41, 5.74) is 0.524. The van der Waals surface area contributed by atoms with Gasteiger partial charge in [0, 0.05) is 24.7 Å². The summed E-state index contributed by atoms with van der Waals surface area (Å²) in [5.74, 6) is -1.64. The van der Waals surface area contributed by atoms with Crippen LogP contribution in [-0.4, -0.2) is 38.7 Å². The third-order valence-corrected chi connectivity index (χ3v) is 2.60. The van der Waals surface area contributed by atoms with E-state index in [-0.39, 0.29) is 29.8 Å². The van der Waals surface area contributed by atoms with E-state index in [1.807, 2.05) is 0 Å². The molecule has 0 radical (unpaired) electrons. The molecule has 19 heavy (non-hydrogen) atoms. The third kappa shape index (κ3) is 3.92. The number of aryl methyl sites for hydroxylation is 1. The first-order chi connectivity index (χ1) is 8.97. The van der Waals surface area contributed by atoms with Crippen LogP contribution in [0.1, 0.15) is 34.5 Å². The number of amides is 1. The number of rotatable bonds is 6. The van der Waals surface area contributed by atoms with Crippen LogP contribution in [0.2, 0.25) is 0 Å². The Kier molecular flexibility index (Phi) is 5.25. The summed E-state index contributed by atoms with van der Waals surface area (Å²) in [6, 6.07) is 0. The van der Waals surface area contributed by atoms with Gasteiger partial charge in [-0.2, -0.15) is 0 Å². The Labute approximate surface area is 109 Å². The third-order valence-electron chi connectivity index (χ3n) is 2.60. The topological polar surface area (TPSA) is 120 Å². The van der Waals surface area contributed by atoms with Gasteiger partial charge < -0.3 is 20.6 Å². The maximum Gasteiger partial charge on any atom is 0.303 e. The summed E-state index contributed by atoms with van der Waals surface area (Å²) in [7, 11) is 0. The number of aromatic nitrogens is 1. The molecule has 1 aromatic rings. The minimum absolute atomic E-state index is 0.0372. The van der Waals surface area contributed by atoms with Gasteiger partial charge in [0.05, 0.1) is 17.9 Å². The van der Waals surface area contributed by atoms with Crippen molar-refractivity contribution in [2.75, 3.05) is 6.54 Å². The van der Waals surface area contributed by atoms with Crippen molar-refractivity contribution in [3.63, 3.8) is 0 Å². The van der Waals surface area contributed by atoms with Crippen molar-refractivity contribution < 1.29 is 24.9 Å². The summed E-state index contributed by atoms with van der Waals surface area (Å²) in [5, 5.41) is 29.8. The Balaban J connectivity index is 2.72. The normalized spacial score (nSPS) is 10.2. The maximum absolute atomic E-state index is 11.8. The molecule has 104 valence electrons. The molecule has 0 aromatic carbocycles. The van der Waals surface area contributed by atoms with E-state index in [9.17, 15) is 19.8 Å². The first-order valence-corrected chi connectivity index (χ1v) is 5.75. The number of carbonyl (C=O) groups excluding carboxylic acids is 1. The largest absolute Gasteiger partial charge is 0.506 e. The fourth-order valence-electron chi connectivity index (χ4n) is 1.54. The van der Waals surface area contributed by atoms with Gasteiger partial charge >= 0.3 is 5.97 Å². The number of hydrogen-bond acceptors (Lipinski definition) is 5. The predicted octanol–water partition coefficient (Wildman–Crippen LogP) is 0.183. The number of carboxylic acid groups (broad SMARTS) is 1. The second kappa shape index (κ2) is 6.69. The minimum Gasteiger partial charge on any atom is -0.506 e. The monoisotopic (exact) mass is 268 g/mol. The van der Waals surface area contributed by atoms with Crippen LogP contribution in [0.5, 0.6) is 5.75 Å². The van der Waals surface area contributed by atoms with Crippen LogP contribution in [0, 0.1) is 6.92 Å². The zero-order chi connectivity index (χ0) is 14.4. The lowest BCUT2D eigenvalue weighted by Gasteiger charge is -2.10. The molecular formula is C12H16N2O5. The van der Waals surface area contributed by atoms with Crippen LogP contribution in [0.15, 0.2) is 6.20 Å². The van der Waals surface area contributed by atoms with Gasteiger partial charge in [-0.1, -0.05) is 0 Å². The Morgan fingerprint density at radius 3 is 2.68 bits per heavy atom. The van der Waals surface area contributed by atoms with E-state index in [1.54, 1.807) is 6.92 Å². The van der Waals surface area contributed by atoms with Crippen LogP contribution in [0.4, 0.5) is 0 Å². The molecule has 0 bridgehead atoms. The summed E-state index contributed by atoms with van der Waals surface area (Å²) in [6.07, 6.45) is 1.54. The second-order valence-corrected chi connectivity index (χ2v) is 4.00. The molecule has 7 nitrogen and oxygen atoms in total. The van der Waals surface area contributed by atoms with Crippen molar-refractivity contribution >= 4 is 11.9 Å². The van der Waals surface area contributed by atoms with Crippen LogP contribution >= 0.6 is 0 Å². The minimum atomic E-state index is -0.931. The van der Waals surface area contributed by atoms with Crippen LogP contribution in [0.3, 0.4) is 0 Å². The van der Waals surface area contributed by atoms with E-state index in [4.69, 9.17) is 5.11 Å². The van der Waals surface area contributed by atoms with Gasteiger partial charge in [0.15, 0.2) is 0 Å². The van der Waals surface area contributed by atoms with E-state index in [1.165, 1.54) is 6.20 Å². The van der Waals surface area contributed by atoms with Crippen LogP contribution < -0.4 is 5.32 Å². The number of hydrogen-bond donors (Lipinski definition) is 4. The molecule has 0 atom stereocenters. The van der Waals surface area contributed by atoms with Crippen molar-refractivity contribution in [2.45, 2.75) is 26.4 Å². The van der Waals surface area contributed by atoms with Gasteiger partial charge in [-0.25, -0.2) is 0 Å². The van der Waals surface area contributed by atoms with Crippen LogP contribution in [-0.2, 0) is 11.4 Å². The Hall–Kier alpha value is -2.15. The zero-order valence-corrected chi connectivity index (χ0v) is 10.5. The number of carbonyl (C=O) groups is 2. The summed E-state index contributed by atoms with van der Waals surface area (Å²) < 4.78 is 0. The molecule has 1 rings (SSSR count). The maximum atomic E-state index is 11.8. The van der Waals surface area contributed by atoms with Crippen molar-refractivity contribution in [2.24, 2.45) is 0 Å². The summed E-state index contributed by atoms with van der Waals surface area (Å²) >= 11 is 0. The Bertz CT molecular complexity index is 487. The zero-order valence-electron chi connectivity index (χ0n) is 10.5.